The van der Waals surface area contributed by atoms with Crippen molar-refractivity contribution in [2.75, 3.05) is 30.6 Å². The summed E-state index contributed by atoms with van der Waals surface area (Å²) in [5.74, 6) is 1.06. The van der Waals surface area contributed by atoms with E-state index in [4.69, 9.17) is 14.2 Å². The second-order valence-electron chi connectivity index (χ2n) is 16.2. The molecule has 0 saturated carbocycles. The lowest BCUT2D eigenvalue weighted by atomic mass is 9.82. The Hall–Kier alpha value is -5.82. The van der Waals surface area contributed by atoms with Gasteiger partial charge in [0.05, 0.1) is 57.6 Å². The van der Waals surface area contributed by atoms with E-state index in [0.717, 1.165) is 50.4 Å². The van der Waals surface area contributed by atoms with E-state index in [9.17, 15) is 9.90 Å². The van der Waals surface area contributed by atoms with Crippen LogP contribution >= 0.6 is 0 Å². The average Bonchev–Trinajstić information content (AvgIpc) is 3.96. The van der Waals surface area contributed by atoms with Gasteiger partial charge in [0.2, 0.25) is 0 Å². The van der Waals surface area contributed by atoms with Crippen molar-refractivity contribution in [2.45, 2.75) is 63.2 Å². The van der Waals surface area contributed by atoms with Gasteiger partial charge in [0.15, 0.2) is 5.60 Å². The molecule has 1 N–H and O–H groups in total. The largest absolute Gasteiger partial charge is 0.497 e. The molecule has 12 heteroatoms. The van der Waals surface area contributed by atoms with Crippen molar-refractivity contribution >= 4 is 52.9 Å². The number of fused-ring (bicyclic) bond motifs is 2. The van der Waals surface area contributed by atoms with Gasteiger partial charge in [0.1, 0.15) is 11.5 Å². The zero-order valence-electron chi connectivity index (χ0n) is 33.4. The van der Waals surface area contributed by atoms with E-state index in [2.05, 4.69) is 42.5 Å². The molecule has 1 fully saturated rings. The summed E-state index contributed by atoms with van der Waals surface area (Å²) in [6.45, 7) is 7.74. The highest BCUT2D eigenvalue weighted by molar-refractivity contribution is 6.91. The monoisotopic (exact) mass is 793 g/mol. The molecule has 0 radical (unpaired) electrons. The minimum Gasteiger partial charge on any atom is -0.497 e. The number of rotatable bonds is 12. The highest BCUT2D eigenvalue weighted by Gasteiger charge is 2.66. The summed E-state index contributed by atoms with van der Waals surface area (Å²) in [6.07, 6.45) is 2.63. The zero-order chi connectivity index (χ0) is 40.3. The molecule has 9 rings (SSSR count). The van der Waals surface area contributed by atoms with Crippen molar-refractivity contribution in [3.63, 3.8) is 0 Å². The van der Waals surface area contributed by atoms with Crippen LogP contribution in [0.15, 0.2) is 109 Å². The molecule has 4 heterocycles. The van der Waals surface area contributed by atoms with Gasteiger partial charge in [0, 0.05) is 48.3 Å². The minimum absolute atomic E-state index is 0.00112. The Balaban J connectivity index is 1.09. The summed E-state index contributed by atoms with van der Waals surface area (Å²) in [4.78, 5) is 33.0. The SMILES string of the molecule is COc1ccc([Si](C)(C)[C@@H]2[C@@H](CCn3cc(CCO)nn3)O[C@]3(C(=O)N(Cc4cccc(N5C(=O)c6cccc7cccc5c67)c4)c4ccc(OC)cc43)[C@H]2C)cc1. The maximum Gasteiger partial charge on any atom is 0.264 e. The summed E-state index contributed by atoms with van der Waals surface area (Å²) < 4.78 is 20.5. The topological polar surface area (TPSA) is 119 Å². The zero-order valence-corrected chi connectivity index (χ0v) is 34.4. The third-order valence-corrected chi connectivity index (χ3v) is 17.1. The number of hydrogen-bond donors (Lipinski definition) is 1. The van der Waals surface area contributed by atoms with Crippen molar-refractivity contribution in [1.29, 1.82) is 0 Å². The molecule has 0 bridgehead atoms. The first-order valence-electron chi connectivity index (χ1n) is 19.9. The molecule has 2 amide bonds. The lowest BCUT2D eigenvalue weighted by Crippen LogP contribution is -2.51. The van der Waals surface area contributed by atoms with Crippen molar-refractivity contribution in [2.24, 2.45) is 5.92 Å². The number of amides is 2. The van der Waals surface area contributed by atoms with E-state index in [1.165, 1.54) is 5.19 Å². The first-order chi connectivity index (χ1) is 28.1. The van der Waals surface area contributed by atoms with Crippen LogP contribution in [0.1, 0.15) is 40.5 Å². The maximum atomic E-state index is 15.5. The van der Waals surface area contributed by atoms with Crippen LogP contribution in [0.2, 0.25) is 18.6 Å². The van der Waals surface area contributed by atoms with E-state index in [0.29, 0.717) is 30.7 Å². The van der Waals surface area contributed by atoms with Crippen LogP contribution in [-0.2, 0) is 34.6 Å². The number of hydrogen-bond acceptors (Lipinski definition) is 8. The fourth-order valence-corrected chi connectivity index (χ4v) is 14.0. The second-order valence-corrected chi connectivity index (χ2v) is 20.8. The van der Waals surface area contributed by atoms with Gasteiger partial charge in [0.25, 0.3) is 11.8 Å². The number of anilines is 3. The molecular weight excluding hydrogens is 747 g/mol. The average molecular weight is 794 g/mol. The molecule has 1 aromatic heterocycles. The predicted molar refractivity (Wildman–Crippen MR) is 226 cm³/mol. The van der Waals surface area contributed by atoms with Crippen LogP contribution in [0.25, 0.3) is 10.8 Å². The van der Waals surface area contributed by atoms with Crippen LogP contribution < -0.4 is 24.5 Å². The molecule has 5 aromatic carbocycles. The second kappa shape index (κ2) is 14.5. The van der Waals surface area contributed by atoms with Gasteiger partial charge in [-0.2, -0.15) is 0 Å². The van der Waals surface area contributed by atoms with Gasteiger partial charge in [-0.1, -0.05) is 78.9 Å². The number of ether oxygens (including phenoxy) is 3. The lowest BCUT2D eigenvalue weighted by Gasteiger charge is -2.37. The van der Waals surface area contributed by atoms with Crippen LogP contribution in [-0.4, -0.2) is 66.9 Å². The number of aryl methyl sites for hydroxylation is 1. The summed E-state index contributed by atoms with van der Waals surface area (Å²) in [5, 5.41) is 21.3. The molecule has 58 heavy (non-hydrogen) atoms. The molecule has 1 saturated heterocycles. The third-order valence-electron chi connectivity index (χ3n) is 12.7. The number of carbonyl (C=O) groups excluding carboxylic acids is 2. The summed E-state index contributed by atoms with van der Waals surface area (Å²) in [7, 11) is 0.921. The van der Waals surface area contributed by atoms with Crippen molar-refractivity contribution in [3.05, 3.63) is 132 Å². The van der Waals surface area contributed by atoms with E-state index in [1.807, 2.05) is 102 Å². The summed E-state index contributed by atoms with van der Waals surface area (Å²) in [6, 6.07) is 33.9. The van der Waals surface area contributed by atoms with Gasteiger partial charge in [-0.15, -0.1) is 5.10 Å². The molecule has 0 aliphatic carbocycles. The Bertz CT molecular complexity index is 2550. The van der Waals surface area contributed by atoms with E-state index < -0.39 is 13.7 Å². The lowest BCUT2D eigenvalue weighted by molar-refractivity contribution is -0.146. The van der Waals surface area contributed by atoms with Gasteiger partial charge < -0.3 is 24.2 Å². The molecular formula is C46H47N5O6Si. The van der Waals surface area contributed by atoms with Crippen molar-refractivity contribution in [1.82, 2.24) is 15.0 Å². The molecule has 296 valence electrons. The van der Waals surface area contributed by atoms with Gasteiger partial charge >= 0.3 is 0 Å². The van der Waals surface area contributed by atoms with Gasteiger partial charge in [-0.3, -0.25) is 19.2 Å². The normalized spacial score (nSPS) is 21.1. The minimum atomic E-state index is -2.39. The van der Waals surface area contributed by atoms with Crippen LogP contribution in [0.5, 0.6) is 11.5 Å². The fourth-order valence-electron chi connectivity index (χ4n) is 9.93. The fraction of sp³-hybridized carbons (Fsp3) is 0.304. The highest BCUT2D eigenvalue weighted by atomic mass is 28.3. The van der Waals surface area contributed by atoms with E-state index in [-0.39, 0.29) is 42.5 Å². The van der Waals surface area contributed by atoms with Crippen molar-refractivity contribution < 1.29 is 28.9 Å². The molecule has 11 nitrogen and oxygen atoms in total. The van der Waals surface area contributed by atoms with E-state index in [1.54, 1.807) is 23.8 Å². The number of aromatic nitrogens is 3. The Kier molecular flexibility index (Phi) is 9.45. The Morgan fingerprint density at radius 3 is 2.38 bits per heavy atom. The first kappa shape index (κ1) is 37.7. The quantitative estimate of drug-likeness (QED) is 0.130. The number of benzene rings is 5. The molecule has 3 aliphatic rings. The van der Waals surface area contributed by atoms with Crippen molar-refractivity contribution in [3.8, 4) is 11.5 Å². The number of carbonyl (C=O) groups is 2. The molecule has 1 spiro atoms. The molecule has 0 unspecified atom stereocenters. The molecule has 3 aliphatic heterocycles. The van der Waals surface area contributed by atoms with Crippen LogP contribution in [0.4, 0.5) is 17.1 Å². The van der Waals surface area contributed by atoms with Crippen LogP contribution in [0, 0.1) is 5.92 Å². The van der Waals surface area contributed by atoms with Gasteiger partial charge in [-0.25, -0.2) is 0 Å². The Labute approximate surface area is 338 Å². The van der Waals surface area contributed by atoms with E-state index >= 15 is 4.79 Å². The Morgan fingerprint density at radius 1 is 0.879 bits per heavy atom. The number of aliphatic hydroxyl groups excluding tert-OH is 1. The summed E-state index contributed by atoms with van der Waals surface area (Å²) in [5.41, 5.74) is 4.23. The standard InChI is InChI=1S/C46H47N5O6Si/c1-29-43(58(4,5)36-18-15-34(55-2)16-19-36)41(21-23-49-28-32(22-24-52)47-48-49)57-46(29)38-26-35(56-3)17-20-39(38)50(45(46)54)27-30-9-6-12-33(25-30)51-40-14-8-11-31-10-7-13-37(42(31)40)44(51)53/h6-20,25-26,28-29,41,43,52H,21-24,27H2,1-5H3/t29-,41+,43-,46+/m0/s1. The third kappa shape index (κ3) is 5.92. The number of methoxy groups -OCH3 is 2. The highest BCUT2D eigenvalue weighted by Crippen LogP contribution is 2.60. The molecule has 6 aromatic rings. The maximum absolute atomic E-state index is 15.5. The number of aliphatic hydroxyl groups is 1. The predicted octanol–water partition coefficient (Wildman–Crippen LogP) is 7.13. The molecule has 4 atom stereocenters. The van der Waals surface area contributed by atoms with Gasteiger partial charge in [-0.05, 0) is 77.5 Å². The smallest absolute Gasteiger partial charge is 0.264 e. The summed E-state index contributed by atoms with van der Waals surface area (Å²) >= 11 is 0. The Morgan fingerprint density at radius 2 is 1.62 bits per heavy atom. The van der Waals surface area contributed by atoms with Crippen LogP contribution in [0.3, 0.4) is 0 Å². The first-order valence-corrected chi connectivity index (χ1v) is 22.9. The number of nitrogens with zero attached hydrogens (tertiary/aromatic N) is 5.